The van der Waals surface area contributed by atoms with Gasteiger partial charge in [-0.3, -0.25) is 0 Å². The largest absolute Gasteiger partial charge is 0.376 e. The Kier molecular flexibility index (Phi) is 2.90. The maximum Gasteiger partial charge on any atom is 0.105 e. The van der Waals surface area contributed by atoms with Crippen molar-refractivity contribution < 1.29 is 9.22 Å². The molecule has 66 valence electrons. The van der Waals surface area contributed by atoms with Crippen molar-refractivity contribution in [3.63, 3.8) is 0 Å². The summed E-state index contributed by atoms with van der Waals surface area (Å²) in [5.74, 6) is 0. The average Bonchev–Trinajstić information content (AvgIpc) is 2.36. The molecule has 0 aliphatic carbocycles. The Bertz CT molecular complexity index is 119. The monoisotopic (exact) mass is 158 g/mol. The van der Waals surface area contributed by atoms with Gasteiger partial charge in [-0.2, -0.15) is 0 Å². The van der Waals surface area contributed by atoms with E-state index in [1.165, 1.54) is 37.0 Å². The molecule has 1 heterocycles. The van der Waals surface area contributed by atoms with Gasteiger partial charge in [-0.15, -0.1) is 0 Å². The molecule has 0 aromatic carbocycles. The van der Waals surface area contributed by atoms with Crippen molar-refractivity contribution in [2.75, 3.05) is 33.8 Å². The normalized spacial score (nSPS) is 25.4. The maximum atomic E-state index is 5.26. The predicted octanol–water partition coefficient (Wildman–Crippen LogP) is 1.26. The number of ether oxygens (including phenoxy) is 1. The number of likely N-dealkylation sites (tertiary alicyclic amines) is 1. The van der Waals surface area contributed by atoms with Gasteiger partial charge in [-0.05, 0) is 6.92 Å². The molecule has 1 saturated heterocycles. The lowest BCUT2D eigenvalue weighted by atomic mass is 10.3. The second kappa shape index (κ2) is 3.55. The number of nitrogens with zero attached hydrogens (tertiary/aromatic N) is 1. The fourth-order valence-electron chi connectivity index (χ4n) is 1.98. The molecule has 0 N–H and O–H groups in total. The van der Waals surface area contributed by atoms with Crippen molar-refractivity contribution in [2.24, 2.45) is 0 Å². The summed E-state index contributed by atoms with van der Waals surface area (Å²) >= 11 is 0. The highest BCUT2D eigenvalue weighted by atomic mass is 16.5. The van der Waals surface area contributed by atoms with Gasteiger partial charge >= 0.3 is 0 Å². The first kappa shape index (κ1) is 9.01. The van der Waals surface area contributed by atoms with Crippen LogP contribution >= 0.6 is 0 Å². The maximum absolute atomic E-state index is 5.26. The molecule has 0 spiro atoms. The van der Waals surface area contributed by atoms with Crippen LogP contribution < -0.4 is 0 Å². The second-order valence-corrected chi connectivity index (χ2v) is 4.00. The van der Waals surface area contributed by atoms with Gasteiger partial charge in [0.2, 0.25) is 0 Å². The first-order valence-corrected chi connectivity index (χ1v) is 4.53. The Morgan fingerprint density at radius 1 is 1.36 bits per heavy atom. The molecule has 1 aliphatic rings. The van der Waals surface area contributed by atoms with Crippen LogP contribution in [0.1, 0.15) is 19.8 Å². The van der Waals surface area contributed by atoms with E-state index < -0.39 is 0 Å². The zero-order valence-electron chi connectivity index (χ0n) is 7.97. The molecule has 0 radical (unpaired) electrons. The van der Waals surface area contributed by atoms with Crippen LogP contribution in [0.2, 0.25) is 0 Å². The van der Waals surface area contributed by atoms with Gasteiger partial charge in [-0.1, -0.05) is 0 Å². The van der Waals surface area contributed by atoms with Gasteiger partial charge in [0, 0.05) is 20.0 Å². The minimum absolute atomic E-state index is 0.415. The van der Waals surface area contributed by atoms with Crippen LogP contribution in [0.15, 0.2) is 0 Å². The third-order valence-electron chi connectivity index (χ3n) is 2.75. The molecule has 0 saturated carbocycles. The summed E-state index contributed by atoms with van der Waals surface area (Å²) in [5.41, 5.74) is 0. The van der Waals surface area contributed by atoms with E-state index in [0.29, 0.717) is 6.10 Å². The molecule has 1 fully saturated rings. The second-order valence-electron chi connectivity index (χ2n) is 4.00. The van der Waals surface area contributed by atoms with Gasteiger partial charge in [0.05, 0.1) is 20.1 Å². The Morgan fingerprint density at radius 2 is 1.91 bits per heavy atom. The van der Waals surface area contributed by atoms with Crippen LogP contribution in [0.4, 0.5) is 0 Å². The van der Waals surface area contributed by atoms with Crippen molar-refractivity contribution in [3.8, 4) is 0 Å². The highest BCUT2D eigenvalue weighted by Crippen LogP contribution is 2.17. The fraction of sp³-hybridized carbons (Fsp3) is 1.00. The zero-order chi connectivity index (χ0) is 8.32. The Morgan fingerprint density at radius 3 is 2.36 bits per heavy atom. The lowest BCUT2D eigenvalue weighted by molar-refractivity contribution is -0.900. The number of hydrogen-bond acceptors (Lipinski definition) is 1. The van der Waals surface area contributed by atoms with Gasteiger partial charge in [0.15, 0.2) is 0 Å². The number of hydrogen-bond donors (Lipinski definition) is 0. The molecule has 2 heteroatoms. The van der Waals surface area contributed by atoms with E-state index in [-0.39, 0.29) is 0 Å². The molecule has 1 aliphatic heterocycles. The van der Waals surface area contributed by atoms with E-state index in [0.717, 1.165) is 0 Å². The molecule has 1 atom stereocenters. The Hall–Kier alpha value is -0.0800. The molecule has 0 bridgehead atoms. The van der Waals surface area contributed by atoms with Gasteiger partial charge in [-0.25, -0.2) is 0 Å². The molecule has 11 heavy (non-hydrogen) atoms. The van der Waals surface area contributed by atoms with Crippen molar-refractivity contribution in [2.45, 2.75) is 25.9 Å². The highest BCUT2D eigenvalue weighted by molar-refractivity contribution is 4.55. The summed E-state index contributed by atoms with van der Waals surface area (Å²) in [6, 6.07) is 0. The van der Waals surface area contributed by atoms with E-state index in [2.05, 4.69) is 14.0 Å². The van der Waals surface area contributed by atoms with E-state index in [9.17, 15) is 0 Å². The zero-order valence-corrected chi connectivity index (χ0v) is 7.97. The first-order chi connectivity index (χ1) is 5.16. The summed E-state index contributed by atoms with van der Waals surface area (Å²) in [6.07, 6.45) is 3.21. The number of rotatable bonds is 3. The standard InChI is InChI=1S/C9H20NO/c1-9(11-3)8-10(2)6-4-5-7-10/h9H,4-8H2,1-3H3/q+1. The van der Waals surface area contributed by atoms with Gasteiger partial charge < -0.3 is 9.22 Å². The molecule has 2 nitrogen and oxygen atoms in total. The van der Waals surface area contributed by atoms with Crippen molar-refractivity contribution in [3.05, 3.63) is 0 Å². The number of methoxy groups -OCH3 is 1. The molecular weight excluding hydrogens is 138 g/mol. The van der Waals surface area contributed by atoms with Crippen molar-refractivity contribution >= 4 is 0 Å². The third-order valence-corrected chi connectivity index (χ3v) is 2.75. The summed E-state index contributed by atoms with van der Waals surface area (Å²) in [7, 11) is 4.13. The summed E-state index contributed by atoms with van der Waals surface area (Å²) in [5, 5.41) is 0. The van der Waals surface area contributed by atoms with Crippen molar-refractivity contribution in [1.29, 1.82) is 0 Å². The summed E-state index contributed by atoms with van der Waals surface area (Å²) in [4.78, 5) is 0. The molecule has 0 amide bonds. The summed E-state index contributed by atoms with van der Waals surface area (Å²) in [6.45, 7) is 6.01. The highest BCUT2D eigenvalue weighted by Gasteiger charge is 2.28. The average molecular weight is 158 g/mol. The van der Waals surface area contributed by atoms with Crippen LogP contribution in [-0.2, 0) is 4.74 Å². The molecule has 0 aromatic rings. The molecule has 0 aromatic heterocycles. The van der Waals surface area contributed by atoms with Gasteiger partial charge in [0.1, 0.15) is 12.6 Å². The predicted molar refractivity (Wildman–Crippen MR) is 46.5 cm³/mol. The van der Waals surface area contributed by atoms with Gasteiger partial charge in [0.25, 0.3) is 0 Å². The van der Waals surface area contributed by atoms with E-state index in [1.807, 2.05) is 0 Å². The van der Waals surface area contributed by atoms with Crippen LogP contribution in [0.5, 0.6) is 0 Å². The van der Waals surface area contributed by atoms with Crippen LogP contribution in [0, 0.1) is 0 Å². The fourth-order valence-corrected chi connectivity index (χ4v) is 1.98. The van der Waals surface area contributed by atoms with E-state index in [4.69, 9.17) is 4.74 Å². The summed E-state index contributed by atoms with van der Waals surface area (Å²) < 4.78 is 6.48. The number of quaternary nitrogens is 1. The van der Waals surface area contributed by atoms with E-state index >= 15 is 0 Å². The van der Waals surface area contributed by atoms with Crippen LogP contribution in [-0.4, -0.2) is 44.4 Å². The van der Waals surface area contributed by atoms with Crippen LogP contribution in [0.25, 0.3) is 0 Å². The smallest absolute Gasteiger partial charge is 0.105 e. The number of likely N-dealkylation sites (N-methyl/N-ethyl adjacent to an activating group) is 1. The first-order valence-electron chi connectivity index (χ1n) is 4.53. The minimum Gasteiger partial charge on any atom is -0.376 e. The Labute approximate surface area is 69.7 Å². The SMILES string of the molecule is COC(C)C[N+]1(C)CCCC1. The molecular formula is C9H20NO+. The third kappa shape index (κ3) is 2.46. The lowest BCUT2D eigenvalue weighted by Crippen LogP contribution is -2.46. The van der Waals surface area contributed by atoms with Crippen molar-refractivity contribution in [1.82, 2.24) is 0 Å². The molecule has 1 unspecified atom stereocenters. The quantitative estimate of drug-likeness (QED) is 0.562. The van der Waals surface area contributed by atoms with E-state index in [1.54, 1.807) is 7.11 Å². The lowest BCUT2D eigenvalue weighted by Gasteiger charge is -2.31. The Balaban J connectivity index is 2.33. The minimum atomic E-state index is 0.415. The topological polar surface area (TPSA) is 9.23 Å². The van der Waals surface area contributed by atoms with Crippen LogP contribution in [0.3, 0.4) is 0 Å². The molecule has 1 rings (SSSR count).